The Labute approximate surface area is 123 Å². The minimum Gasteiger partial charge on any atom is -0.481 e. The zero-order valence-electron chi connectivity index (χ0n) is 10.5. The topological polar surface area (TPSA) is 140 Å². The number of anilines is 1. The summed E-state index contributed by atoms with van der Waals surface area (Å²) in [4.78, 5) is 32.9. The van der Waals surface area contributed by atoms with Gasteiger partial charge in [-0.05, 0) is 18.2 Å². The molecule has 0 aliphatic carbocycles. The van der Waals surface area contributed by atoms with Crippen LogP contribution in [0.2, 0.25) is 5.02 Å². The van der Waals surface area contributed by atoms with E-state index in [1.807, 2.05) is 11.4 Å². The molecule has 0 aliphatic heterocycles. The SMILES string of the molecule is N#Cc1ccc(NC(=O)NC(CC(=O)O)C(=O)O)cc1Cl. The highest BCUT2D eigenvalue weighted by atomic mass is 35.5. The van der Waals surface area contributed by atoms with Crippen molar-refractivity contribution in [2.24, 2.45) is 0 Å². The number of halogens is 1. The van der Waals surface area contributed by atoms with Crippen LogP contribution in [0.25, 0.3) is 0 Å². The molecule has 1 rings (SSSR count). The number of carboxylic acids is 2. The van der Waals surface area contributed by atoms with Crippen LogP contribution in [0.5, 0.6) is 0 Å². The number of carboxylic acid groups (broad SMARTS) is 2. The Balaban J connectivity index is 2.72. The van der Waals surface area contributed by atoms with Gasteiger partial charge in [0.15, 0.2) is 0 Å². The molecule has 21 heavy (non-hydrogen) atoms. The van der Waals surface area contributed by atoms with E-state index in [0.29, 0.717) is 0 Å². The van der Waals surface area contributed by atoms with Gasteiger partial charge in [-0.15, -0.1) is 0 Å². The molecule has 0 aliphatic rings. The molecule has 0 bridgehead atoms. The van der Waals surface area contributed by atoms with Crippen molar-refractivity contribution in [3.05, 3.63) is 28.8 Å². The molecular formula is C12H10ClN3O5. The van der Waals surface area contributed by atoms with Crippen LogP contribution in [0.4, 0.5) is 10.5 Å². The van der Waals surface area contributed by atoms with Crippen LogP contribution in [0.15, 0.2) is 18.2 Å². The maximum absolute atomic E-state index is 11.6. The van der Waals surface area contributed by atoms with E-state index in [0.717, 1.165) is 0 Å². The summed E-state index contributed by atoms with van der Waals surface area (Å²) < 4.78 is 0. The molecule has 0 spiro atoms. The number of amides is 2. The summed E-state index contributed by atoms with van der Waals surface area (Å²) in [6.45, 7) is 0. The summed E-state index contributed by atoms with van der Waals surface area (Å²) in [6, 6.07) is 3.47. The fraction of sp³-hybridized carbons (Fsp3) is 0.167. The Morgan fingerprint density at radius 1 is 1.33 bits per heavy atom. The van der Waals surface area contributed by atoms with Gasteiger partial charge in [-0.1, -0.05) is 11.6 Å². The number of benzene rings is 1. The number of hydrogen-bond donors (Lipinski definition) is 4. The number of carbonyl (C=O) groups excluding carboxylic acids is 1. The number of aliphatic carboxylic acids is 2. The largest absolute Gasteiger partial charge is 0.481 e. The number of nitriles is 1. The third kappa shape index (κ3) is 5.00. The van der Waals surface area contributed by atoms with Crippen molar-refractivity contribution in [1.82, 2.24) is 5.32 Å². The van der Waals surface area contributed by atoms with Gasteiger partial charge in [0.2, 0.25) is 0 Å². The molecule has 9 heteroatoms. The molecule has 0 fully saturated rings. The molecular weight excluding hydrogens is 302 g/mol. The summed E-state index contributed by atoms with van der Waals surface area (Å²) in [5.41, 5.74) is 0.452. The lowest BCUT2D eigenvalue weighted by Gasteiger charge is -2.13. The summed E-state index contributed by atoms with van der Waals surface area (Å²) >= 11 is 5.77. The third-order valence-electron chi connectivity index (χ3n) is 2.33. The van der Waals surface area contributed by atoms with Crippen LogP contribution in [0.3, 0.4) is 0 Å². The lowest BCUT2D eigenvalue weighted by molar-refractivity contribution is -0.145. The average Bonchev–Trinajstić information content (AvgIpc) is 2.37. The van der Waals surface area contributed by atoms with E-state index in [1.54, 1.807) is 0 Å². The van der Waals surface area contributed by atoms with E-state index in [1.165, 1.54) is 18.2 Å². The highest BCUT2D eigenvalue weighted by Gasteiger charge is 2.23. The maximum atomic E-state index is 11.6. The van der Waals surface area contributed by atoms with Crippen molar-refractivity contribution in [2.75, 3.05) is 5.32 Å². The minimum atomic E-state index is -1.56. The Kier molecular flexibility index (Phi) is 5.51. The zero-order chi connectivity index (χ0) is 16.0. The van der Waals surface area contributed by atoms with Gasteiger partial charge in [-0.3, -0.25) is 4.79 Å². The monoisotopic (exact) mass is 311 g/mol. The number of hydrogen-bond acceptors (Lipinski definition) is 4. The zero-order valence-corrected chi connectivity index (χ0v) is 11.2. The number of nitrogens with one attached hydrogen (secondary N) is 2. The Bertz CT molecular complexity index is 626. The standard InChI is InChI=1S/C12H10ClN3O5/c13-8-3-7(2-1-6(8)5-14)15-12(21)16-9(11(19)20)4-10(17)18/h1-3,9H,4H2,(H,17,18)(H,19,20)(H2,15,16,21). The van der Waals surface area contributed by atoms with E-state index in [4.69, 9.17) is 27.1 Å². The molecule has 1 aromatic rings. The van der Waals surface area contributed by atoms with Crippen LogP contribution in [-0.2, 0) is 9.59 Å². The number of carbonyl (C=O) groups is 3. The van der Waals surface area contributed by atoms with Crippen LogP contribution < -0.4 is 10.6 Å². The highest BCUT2D eigenvalue weighted by molar-refractivity contribution is 6.32. The molecule has 1 unspecified atom stereocenters. The van der Waals surface area contributed by atoms with Gasteiger partial charge >= 0.3 is 18.0 Å². The predicted octanol–water partition coefficient (Wildman–Crippen LogP) is 1.26. The lowest BCUT2D eigenvalue weighted by Crippen LogP contribution is -2.44. The molecule has 0 radical (unpaired) electrons. The number of rotatable bonds is 5. The first-order valence-electron chi connectivity index (χ1n) is 5.55. The van der Waals surface area contributed by atoms with Crippen LogP contribution in [0.1, 0.15) is 12.0 Å². The minimum absolute atomic E-state index is 0.121. The van der Waals surface area contributed by atoms with Crippen LogP contribution >= 0.6 is 11.6 Å². The second-order valence-electron chi connectivity index (χ2n) is 3.89. The Morgan fingerprint density at radius 2 is 2.00 bits per heavy atom. The van der Waals surface area contributed by atoms with E-state index in [2.05, 4.69) is 5.32 Å². The fourth-order valence-electron chi connectivity index (χ4n) is 1.38. The fourth-order valence-corrected chi connectivity index (χ4v) is 1.61. The van der Waals surface area contributed by atoms with Gasteiger partial charge in [-0.2, -0.15) is 5.26 Å². The summed E-state index contributed by atoms with van der Waals surface area (Å²) in [6.07, 6.45) is -0.753. The first-order valence-corrected chi connectivity index (χ1v) is 5.93. The quantitative estimate of drug-likeness (QED) is 0.645. The molecule has 0 saturated carbocycles. The summed E-state index contributed by atoms with van der Waals surface area (Å²) in [5, 5.41) is 30.5. The van der Waals surface area contributed by atoms with Crippen molar-refractivity contribution in [3.63, 3.8) is 0 Å². The van der Waals surface area contributed by atoms with E-state index < -0.39 is 30.4 Å². The molecule has 0 heterocycles. The molecule has 1 atom stereocenters. The summed E-state index contributed by atoms with van der Waals surface area (Å²) in [7, 11) is 0. The second kappa shape index (κ2) is 7.12. The average molecular weight is 312 g/mol. The number of nitrogens with zero attached hydrogens (tertiary/aromatic N) is 1. The Hall–Kier alpha value is -2.79. The van der Waals surface area contributed by atoms with E-state index in [9.17, 15) is 14.4 Å². The highest BCUT2D eigenvalue weighted by Crippen LogP contribution is 2.20. The molecule has 8 nitrogen and oxygen atoms in total. The van der Waals surface area contributed by atoms with Gasteiger partial charge in [0.25, 0.3) is 0 Å². The summed E-state index contributed by atoms with van der Waals surface area (Å²) in [5.74, 6) is -2.82. The van der Waals surface area contributed by atoms with E-state index in [-0.39, 0.29) is 16.3 Å². The normalized spacial score (nSPS) is 11.0. The third-order valence-corrected chi connectivity index (χ3v) is 2.64. The molecule has 0 aromatic heterocycles. The van der Waals surface area contributed by atoms with Crippen LogP contribution in [0, 0.1) is 11.3 Å². The maximum Gasteiger partial charge on any atom is 0.326 e. The first kappa shape index (κ1) is 16.3. The van der Waals surface area contributed by atoms with Gasteiger partial charge in [0, 0.05) is 5.69 Å². The lowest BCUT2D eigenvalue weighted by atomic mass is 10.2. The first-order chi connectivity index (χ1) is 9.83. The number of urea groups is 1. The molecule has 4 N–H and O–H groups in total. The van der Waals surface area contributed by atoms with E-state index >= 15 is 0 Å². The Morgan fingerprint density at radius 3 is 2.48 bits per heavy atom. The molecule has 1 aromatic carbocycles. The predicted molar refractivity (Wildman–Crippen MR) is 72.0 cm³/mol. The van der Waals surface area contributed by atoms with Crippen molar-refractivity contribution >= 4 is 35.3 Å². The van der Waals surface area contributed by atoms with Crippen molar-refractivity contribution in [2.45, 2.75) is 12.5 Å². The molecule has 110 valence electrons. The van der Waals surface area contributed by atoms with Gasteiger partial charge in [-0.25, -0.2) is 9.59 Å². The van der Waals surface area contributed by atoms with Gasteiger partial charge < -0.3 is 20.8 Å². The second-order valence-corrected chi connectivity index (χ2v) is 4.30. The van der Waals surface area contributed by atoms with Crippen molar-refractivity contribution in [1.29, 1.82) is 5.26 Å². The van der Waals surface area contributed by atoms with Gasteiger partial charge in [0.05, 0.1) is 17.0 Å². The van der Waals surface area contributed by atoms with Crippen molar-refractivity contribution < 1.29 is 24.6 Å². The molecule has 0 saturated heterocycles. The van der Waals surface area contributed by atoms with Gasteiger partial charge in [0.1, 0.15) is 12.1 Å². The van der Waals surface area contributed by atoms with Crippen LogP contribution in [-0.4, -0.2) is 34.2 Å². The smallest absolute Gasteiger partial charge is 0.326 e. The molecule has 2 amide bonds. The van der Waals surface area contributed by atoms with Crippen molar-refractivity contribution in [3.8, 4) is 6.07 Å².